The maximum atomic E-state index is 13.4. The molecule has 0 bridgehead atoms. The molecule has 0 fully saturated rings. The van der Waals surface area contributed by atoms with Gasteiger partial charge in [-0.15, -0.1) is 0 Å². The maximum absolute atomic E-state index is 13.4. The number of carbonyl (C=O) groups excluding carboxylic acids is 2. The van der Waals surface area contributed by atoms with Gasteiger partial charge in [-0.3, -0.25) is 19.6 Å². The molecule has 0 saturated heterocycles. The molecule has 2 aromatic rings. The molecule has 11 nitrogen and oxygen atoms in total. The topological polar surface area (TPSA) is 204 Å². The first-order valence-corrected chi connectivity index (χ1v) is 12.9. The van der Waals surface area contributed by atoms with E-state index in [4.69, 9.17) is 27.7 Å². The summed E-state index contributed by atoms with van der Waals surface area (Å²) < 4.78 is 6.20. The molecule has 2 atom stereocenters. The summed E-state index contributed by atoms with van der Waals surface area (Å²) in [5.74, 6) is 0.0321. The molecule has 1 heterocycles. The van der Waals surface area contributed by atoms with Crippen LogP contribution in [0, 0.1) is 0 Å². The predicted molar refractivity (Wildman–Crippen MR) is 152 cm³/mol. The minimum absolute atomic E-state index is 0.00608. The van der Waals surface area contributed by atoms with Crippen LogP contribution in [0.2, 0.25) is 0 Å². The molecular formula is C28H37N7O4. The van der Waals surface area contributed by atoms with Crippen molar-refractivity contribution < 1.29 is 19.4 Å². The summed E-state index contributed by atoms with van der Waals surface area (Å²) in [6.07, 6.45) is 5.96. The highest BCUT2D eigenvalue weighted by Gasteiger charge is 2.40. The fraction of sp³-hybridized carbons (Fsp3) is 0.357. The minimum Gasteiger partial charge on any atom is -0.508 e. The van der Waals surface area contributed by atoms with Crippen LogP contribution in [0.5, 0.6) is 11.5 Å². The van der Waals surface area contributed by atoms with Crippen molar-refractivity contribution >= 4 is 29.7 Å². The third-order valence-electron chi connectivity index (χ3n) is 6.20. The summed E-state index contributed by atoms with van der Waals surface area (Å²) in [5.41, 5.74) is 23.6. The van der Waals surface area contributed by atoms with Crippen LogP contribution in [0.4, 0.5) is 0 Å². The fourth-order valence-corrected chi connectivity index (χ4v) is 4.25. The molecule has 0 saturated carbocycles. The molecule has 11 heteroatoms. The number of hydrogen-bond acceptors (Lipinski definition) is 6. The number of nitrogens with one attached hydrogen (secondary N) is 1. The number of aromatic hydroxyl groups is 1. The lowest BCUT2D eigenvalue weighted by molar-refractivity contribution is -0.124. The molecule has 0 unspecified atom stereocenters. The van der Waals surface area contributed by atoms with E-state index in [1.165, 1.54) is 0 Å². The Morgan fingerprint density at radius 3 is 2.26 bits per heavy atom. The Bertz CT molecular complexity index is 1220. The number of hydrogen-bond donors (Lipinski definition) is 6. The Labute approximate surface area is 228 Å². The first kappa shape index (κ1) is 29.0. The number of aliphatic imine (C=N–C) groups is 2. The molecule has 1 aliphatic heterocycles. The number of ether oxygens (including phenoxy) is 1. The smallest absolute Gasteiger partial charge is 0.231 e. The lowest BCUT2D eigenvalue weighted by Gasteiger charge is -2.19. The number of fused-ring (bicyclic) bond motifs is 1. The molecule has 39 heavy (non-hydrogen) atoms. The summed E-state index contributed by atoms with van der Waals surface area (Å²) in [6.45, 7) is 1.45. The third kappa shape index (κ3) is 9.06. The second kappa shape index (κ2) is 14.4. The van der Waals surface area contributed by atoms with E-state index in [2.05, 4.69) is 15.3 Å². The van der Waals surface area contributed by atoms with Crippen LogP contribution in [0.1, 0.15) is 60.8 Å². The van der Waals surface area contributed by atoms with Gasteiger partial charge in [0.1, 0.15) is 23.5 Å². The number of amides is 1. The van der Waals surface area contributed by atoms with Gasteiger partial charge in [-0.05, 0) is 67.2 Å². The molecule has 0 aliphatic carbocycles. The Morgan fingerprint density at radius 2 is 1.59 bits per heavy atom. The standard InChI is InChI=1S/C28H37N7O4/c29-27(30)34-15-2-1-5-20(36)10-6-18-7-13-23-22(17-18)24(25(39-23)19-8-11-21(37)12-9-19)26(38)33-14-3-4-16-35-28(31)32/h6-13,17,24-25,37H,1-5,14-16H2,(H,33,38)(H4,29,30,34)(H4,31,32,35)/b10-6+/t24-,25-/m1/s1. The van der Waals surface area contributed by atoms with Crippen molar-refractivity contribution in [2.24, 2.45) is 32.9 Å². The Kier molecular flexibility index (Phi) is 10.7. The quantitative estimate of drug-likeness (QED) is 0.0908. The number of unbranched alkanes of at least 4 members (excludes halogenated alkanes) is 2. The summed E-state index contributed by atoms with van der Waals surface area (Å²) in [6, 6.07) is 12.2. The lowest BCUT2D eigenvalue weighted by Crippen LogP contribution is -2.32. The molecule has 0 radical (unpaired) electrons. The maximum Gasteiger partial charge on any atom is 0.231 e. The highest BCUT2D eigenvalue weighted by molar-refractivity contribution is 5.93. The fourth-order valence-electron chi connectivity index (χ4n) is 4.25. The second-order valence-electron chi connectivity index (χ2n) is 9.27. The predicted octanol–water partition coefficient (Wildman–Crippen LogP) is 1.81. The van der Waals surface area contributed by atoms with E-state index in [0.717, 1.165) is 29.5 Å². The SMILES string of the molecule is NC(N)=NCCCCNC(=O)[C@@H]1c2cc(/C=C/C(=O)CCCCN=C(N)N)ccc2O[C@@H]1c1ccc(O)cc1. The number of allylic oxidation sites excluding steroid dienone is 1. The Balaban J connectivity index is 1.70. The normalized spacial score (nSPS) is 15.8. The van der Waals surface area contributed by atoms with E-state index in [-0.39, 0.29) is 29.4 Å². The van der Waals surface area contributed by atoms with Crippen molar-refractivity contribution in [3.63, 3.8) is 0 Å². The first-order chi connectivity index (χ1) is 18.7. The Morgan fingerprint density at radius 1 is 0.923 bits per heavy atom. The number of benzene rings is 2. The first-order valence-electron chi connectivity index (χ1n) is 12.9. The lowest BCUT2D eigenvalue weighted by atomic mass is 9.89. The zero-order valence-electron chi connectivity index (χ0n) is 21.9. The zero-order chi connectivity index (χ0) is 28.2. The van der Waals surface area contributed by atoms with E-state index in [9.17, 15) is 14.7 Å². The minimum atomic E-state index is -0.609. The van der Waals surface area contributed by atoms with Gasteiger partial charge >= 0.3 is 0 Å². The zero-order valence-corrected chi connectivity index (χ0v) is 21.9. The van der Waals surface area contributed by atoms with Crippen LogP contribution >= 0.6 is 0 Å². The molecule has 10 N–H and O–H groups in total. The molecule has 0 aromatic heterocycles. The molecular weight excluding hydrogens is 498 g/mol. The largest absolute Gasteiger partial charge is 0.508 e. The molecule has 208 valence electrons. The van der Waals surface area contributed by atoms with Crippen molar-refractivity contribution in [2.45, 2.75) is 44.1 Å². The van der Waals surface area contributed by atoms with E-state index in [0.29, 0.717) is 44.6 Å². The van der Waals surface area contributed by atoms with Gasteiger partial charge in [-0.1, -0.05) is 24.3 Å². The van der Waals surface area contributed by atoms with Crippen molar-refractivity contribution in [1.29, 1.82) is 0 Å². The van der Waals surface area contributed by atoms with Gasteiger partial charge in [0, 0.05) is 31.6 Å². The molecule has 1 amide bonds. The summed E-state index contributed by atoms with van der Waals surface area (Å²) in [5, 5.41) is 12.7. The summed E-state index contributed by atoms with van der Waals surface area (Å²) in [7, 11) is 0. The van der Waals surface area contributed by atoms with Gasteiger partial charge in [0.05, 0.1) is 0 Å². The van der Waals surface area contributed by atoms with Gasteiger partial charge in [0.25, 0.3) is 0 Å². The second-order valence-corrected chi connectivity index (χ2v) is 9.27. The van der Waals surface area contributed by atoms with Gasteiger partial charge in [0.2, 0.25) is 5.91 Å². The summed E-state index contributed by atoms with van der Waals surface area (Å²) >= 11 is 0. The van der Waals surface area contributed by atoms with Crippen LogP contribution in [0.25, 0.3) is 6.08 Å². The number of nitrogens with zero attached hydrogens (tertiary/aromatic N) is 2. The molecule has 0 spiro atoms. The van der Waals surface area contributed by atoms with Crippen LogP contribution in [0.15, 0.2) is 58.5 Å². The number of nitrogens with two attached hydrogens (primary N) is 4. The highest BCUT2D eigenvalue weighted by atomic mass is 16.5. The number of carbonyl (C=O) groups is 2. The van der Waals surface area contributed by atoms with Crippen molar-refractivity contribution in [3.05, 3.63) is 65.2 Å². The average molecular weight is 536 g/mol. The number of rotatable bonds is 14. The van der Waals surface area contributed by atoms with Crippen LogP contribution < -0.4 is 33.0 Å². The van der Waals surface area contributed by atoms with Gasteiger partial charge in [-0.25, -0.2) is 0 Å². The number of phenols is 1. The van der Waals surface area contributed by atoms with E-state index in [1.807, 2.05) is 18.2 Å². The van der Waals surface area contributed by atoms with Crippen molar-refractivity contribution in [3.8, 4) is 11.5 Å². The average Bonchev–Trinajstić information content (AvgIpc) is 3.28. The number of ketones is 1. The Hall–Kier alpha value is -4.54. The van der Waals surface area contributed by atoms with Gasteiger partial charge in [0.15, 0.2) is 17.7 Å². The number of phenolic OH excluding ortho intramolecular Hbond substituents is 1. The molecule has 3 rings (SSSR count). The summed E-state index contributed by atoms with van der Waals surface area (Å²) in [4.78, 5) is 33.6. The van der Waals surface area contributed by atoms with Crippen LogP contribution in [-0.2, 0) is 9.59 Å². The number of guanidine groups is 2. The molecule has 1 aliphatic rings. The van der Waals surface area contributed by atoms with Gasteiger partial charge in [-0.2, -0.15) is 0 Å². The third-order valence-corrected chi connectivity index (χ3v) is 6.20. The highest BCUT2D eigenvalue weighted by Crippen LogP contribution is 2.46. The molecule has 2 aromatic carbocycles. The van der Waals surface area contributed by atoms with Crippen LogP contribution in [-0.4, -0.2) is 48.4 Å². The van der Waals surface area contributed by atoms with Gasteiger partial charge < -0.3 is 38.1 Å². The van der Waals surface area contributed by atoms with Crippen molar-refractivity contribution in [1.82, 2.24) is 5.32 Å². The van der Waals surface area contributed by atoms with E-state index >= 15 is 0 Å². The van der Waals surface area contributed by atoms with Crippen molar-refractivity contribution in [2.75, 3.05) is 19.6 Å². The van der Waals surface area contributed by atoms with E-state index in [1.54, 1.807) is 36.4 Å². The van der Waals surface area contributed by atoms with Crippen LogP contribution in [0.3, 0.4) is 0 Å². The van der Waals surface area contributed by atoms with E-state index < -0.39 is 12.0 Å². The monoisotopic (exact) mass is 535 g/mol.